The maximum Gasteiger partial charge on any atom is 0.251 e. The Kier molecular flexibility index (Phi) is 6.29. The van der Waals surface area contributed by atoms with Crippen molar-refractivity contribution in [3.05, 3.63) is 42.0 Å². The Balaban J connectivity index is 1.54. The van der Waals surface area contributed by atoms with Gasteiger partial charge in [0.15, 0.2) is 0 Å². The van der Waals surface area contributed by atoms with Gasteiger partial charge in [0.05, 0.1) is 6.61 Å². The molecule has 1 amide bonds. The van der Waals surface area contributed by atoms with E-state index in [1.807, 2.05) is 37.3 Å². The van der Waals surface area contributed by atoms with Crippen LogP contribution in [0.4, 0.5) is 0 Å². The molecule has 0 bridgehead atoms. The largest absolute Gasteiger partial charge is 0.494 e. The van der Waals surface area contributed by atoms with Gasteiger partial charge in [-0.3, -0.25) is 4.79 Å². The molecular formula is C21H28N2O2. The van der Waals surface area contributed by atoms with Crippen LogP contribution in [0.3, 0.4) is 0 Å². The van der Waals surface area contributed by atoms with E-state index in [2.05, 4.69) is 16.3 Å². The van der Waals surface area contributed by atoms with Crippen molar-refractivity contribution in [2.45, 2.75) is 32.6 Å². The van der Waals surface area contributed by atoms with E-state index in [0.29, 0.717) is 12.1 Å². The van der Waals surface area contributed by atoms with E-state index < -0.39 is 0 Å². The molecule has 0 spiro atoms. The number of carbonyl (C=O) groups excluding carboxylic acids is 1. The third-order valence-corrected chi connectivity index (χ3v) is 4.75. The monoisotopic (exact) mass is 340 g/mol. The normalized spacial score (nSPS) is 15.2. The second-order valence-electron chi connectivity index (χ2n) is 6.69. The number of amides is 1. The zero-order valence-electron chi connectivity index (χ0n) is 15.1. The molecule has 0 atom stereocenters. The quantitative estimate of drug-likeness (QED) is 0.779. The molecule has 4 nitrogen and oxygen atoms in total. The van der Waals surface area contributed by atoms with E-state index in [1.54, 1.807) is 0 Å². The number of hydrogen-bond donors (Lipinski definition) is 1. The summed E-state index contributed by atoms with van der Waals surface area (Å²) < 4.78 is 5.92. The van der Waals surface area contributed by atoms with Gasteiger partial charge in [-0.1, -0.05) is 18.6 Å². The first-order valence-electron chi connectivity index (χ1n) is 9.43. The first-order chi connectivity index (χ1) is 12.3. The molecule has 2 aromatic carbocycles. The van der Waals surface area contributed by atoms with Gasteiger partial charge >= 0.3 is 0 Å². The number of ether oxygens (including phenoxy) is 1. The van der Waals surface area contributed by atoms with Crippen LogP contribution in [0.25, 0.3) is 10.8 Å². The maximum absolute atomic E-state index is 11.9. The maximum atomic E-state index is 11.9. The first kappa shape index (κ1) is 17.7. The third kappa shape index (κ3) is 4.95. The van der Waals surface area contributed by atoms with Gasteiger partial charge in [-0.15, -0.1) is 0 Å². The van der Waals surface area contributed by atoms with Crippen LogP contribution in [0.5, 0.6) is 5.75 Å². The molecule has 1 aliphatic rings. The number of nitrogens with one attached hydrogen (secondary N) is 1. The Hall–Kier alpha value is -2.07. The van der Waals surface area contributed by atoms with E-state index in [0.717, 1.165) is 36.1 Å². The number of likely N-dealkylation sites (tertiary alicyclic amines) is 1. The zero-order valence-corrected chi connectivity index (χ0v) is 15.1. The highest BCUT2D eigenvalue weighted by molar-refractivity contribution is 5.98. The summed E-state index contributed by atoms with van der Waals surface area (Å²) in [4.78, 5) is 14.5. The lowest BCUT2D eigenvalue weighted by Gasteiger charge is -2.26. The zero-order chi connectivity index (χ0) is 17.5. The second-order valence-corrected chi connectivity index (χ2v) is 6.69. The van der Waals surface area contributed by atoms with Crippen molar-refractivity contribution < 1.29 is 9.53 Å². The van der Waals surface area contributed by atoms with E-state index in [-0.39, 0.29) is 5.91 Å². The number of nitrogens with zero attached hydrogens (tertiary/aromatic N) is 1. The second kappa shape index (κ2) is 8.86. The van der Waals surface area contributed by atoms with Gasteiger partial charge in [0.1, 0.15) is 5.75 Å². The molecule has 1 fully saturated rings. The molecule has 3 rings (SSSR count). The molecule has 0 radical (unpaired) electrons. The summed E-state index contributed by atoms with van der Waals surface area (Å²) in [5.41, 5.74) is 0.699. The highest BCUT2D eigenvalue weighted by Gasteiger charge is 2.09. The molecule has 2 aromatic rings. The third-order valence-electron chi connectivity index (χ3n) is 4.75. The summed E-state index contributed by atoms with van der Waals surface area (Å²) in [6, 6.07) is 11.9. The van der Waals surface area contributed by atoms with Gasteiger partial charge in [0.25, 0.3) is 5.91 Å². The van der Waals surface area contributed by atoms with Gasteiger partial charge in [-0.25, -0.2) is 0 Å². The lowest BCUT2D eigenvalue weighted by atomic mass is 10.1. The first-order valence-corrected chi connectivity index (χ1v) is 9.43. The number of rotatable bonds is 7. The molecular weight excluding hydrogens is 312 g/mol. The van der Waals surface area contributed by atoms with Crippen LogP contribution >= 0.6 is 0 Å². The minimum absolute atomic E-state index is 0.0255. The summed E-state index contributed by atoms with van der Waals surface area (Å²) in [5.74, 6) is 0.874. The van der Waals surface area contributed by atoms with Crippen LogP contribution in [0.2, 0.25) is 0 Å². The Morgan fingerprint density at radius 2 is 1.84 bits per heavy atom. The summed E-state index contributed by atoms with van der Waals surface area (Å²) in [7, 11) is 0. The van der Waals surface area contributed by atoms with Gasteiger partial charge in [0.2, 0.25) is 0 Å². The Bertz CT molecular complexity index is 708. The fraction of sp³-hybridized carbons (Fsp3) is 0.476. The van der Waals surface area contributed by atoms with Crippen LogP contribution < -0.4 is 10.1 Å². The molecule has 25 heavy (non-hydrogen) atoms. The summed E-state index contributed by atoms with van der Waals surface area (Å²) >= 11 is 0. The molecule has 0 unspecified atom stereocenters. The van der Waals surface area contributed by atoms with Gasteiger partial charge < -0.3 is 15.0 Å². The van der Waals surface area contributed by atoms with E-state index in [9.17, 15) is 4.79 Å². The van der Waals surface area contributed by atoms with Crippen molar-refractivity contribution in [1.82, 2.24) is 10.2 Å². The molecule has 0 aromatic heterocycles. The molecule has 1 N–H and O–H groups in total. The summed E-state index contributed by atoms with van der Waals surface area (Å²) in [6.45, 7) is 6.92. The SMILES string of the molecule is CCNC(=O)c1ccc2cc(OCCCN3CCCCC3)ccc2c1. The molecule has 4 heteroatoms. The minimum atomic E-state index is -0.0255. The minimum Gasteiger partial charge on any atom is -0.494 e. The molecule has 1 aliphatic heterocycles. The standard InChI is InChI=1S/C21H28N2O2/c1-2-22-21(24)19-8-7-18-16-20(10-9-17(18)15-19)25-14-6-13-23-11-4-3-5-12-23/h7-10,15-16H,2-6,11-14H2,1H3,(H,22,24). The van der Waals surface area contributed by atoms with Crippen molar-refractivity contribution in [2.24, 2.45) is 0 Å². The molecule has 1 saturated heterocycles. The molecule has 1 heterocycles. The highest BCUT2D eigenvalue weighted by Crippen LogP contribution is 2.22. The average molecular weight is 340 g/mol. The van der Waals surface area contributed by atoms with Gasteiger partial charge in [0, 0.05) is 18.7 Å². The van der Waals surface area contributed by atoms with Crippen molar-refractivity contribution >= 4 is 16.7 Å². The van der Waals surface area contributed by atoms with Crippen LogP contribution in [0.15, 0.2) is 36.4 Å². The van der Waals surface area contributed by atoms with Crippen molar-refractivity contribution in [2.75, 3.05) is 32.8 Å². The lowest BCUT2D eigenvalue weighted by Crippen LogP contribution is -2.31. The average Bonchev–Trinajstić information content (AvgIpc) is 2.66. The molecule has 0 saturated carbocycles. The molecule has 0 aliphatic carbocycles. The van der Waals surface area contributed by atoms with Crippen LogP contribution in [0.1, 0.15) is 43.0 Å². The van der Waals surface area contributed by atoms with Gasteiger partial charge in [-0.05, 0) is 74.3 Å². The van der Waals surface area contributed by atoms with E-state index in [1.165, 1.54) is 32.4 Å². The lowest BCUT2D eigenvalue weighted by molar-refractivity contribution is 0.0956. The summed E-state index contributed by atoms with van der Waals surface area (Å²) in [5, 5.41) is 4.99. The fourth-order valence-electron chi connectivity index (χ4n) is 3.38. The number of piperidine rings is 1. The van der Waals surface area contributed by atoms with E-state index >= 15 is 0 Å². The van der Waals surface area contributed by atoms with Gasteiger partial charge in [-0.2, -0.15) is 0 Å². The van der Waals surface area contributed by atoms with E-state index in [4.69, 9.17) is 4.74 Å². The number of benzene rings is 2. The van der Waals surface area contributed by atoms with Crippen molar-refractivity contribution in [3.63, 3.8) is 0 Å². The number of fused-ring (bicyclic) bond motifs is 1. The number of hydrogen-bond acceptors (Lipinski definition) is 3. The van der Waals surface area contributed by atoms with Crippen LogP contribution in [0, 0.1) is 0 Å². The predicted molar refractivity (Wildman–Crippen MR) is 102 cm³/mol. The fourth-order valence-corrected chi connectivity index (χ4v) is 3.38. The number of carbonyl (C=O) groups is 1. The predicted octanol–water partition coefficient (Wildman–Crippen LogP) is 3.84. The smallest absolute Gasteiger partial charge is 0.251 e. The Morgan fingerprint density at radius 1 is 1.08 bits per heavy atom. The highest BCUT2D eigenvalue weighted by atomic mass is 16.5. The molecule has 134 valence electrons. The Labute approximate surface area is 150 Å². The van der Waals surface area contributed by atoms with Crippen LogP contribution in [-0.2, 0) is 0 Å². The van der Waals surface area contributed by atoms with Crippen molar-refractivity contribution in [3.8, 4) is 5.75 Å². The Morgan fingerprint density at radius 3 is 2.64 bits per heavy atom. The van der Waals surface area contributed by atoms with Crippen LogP contribution in [-0.4, -0.2) is 43.6 Å². The van der Waals surface area contributed by atoms with Crippen molar-refractivity contribution in [1.29, 1.82) is 0 Å². The summed E-state index contributed by atoms with van der Waals surface area (Å²) in [6.07, 6.45) is 5.12. The topological polar surface area (TPSA) is 41.6 Å².